The van der Waals surface area contributed by atoms with Crippen LogP contribution in [-0.2, 0) is 14.3 Å². The highest BCUT2D eigenvalue weighted by Crippen LogP contribution is 2.18. The minimum Gasteiger partial charge on any atom is -0.383 e. The highest BCUT2D eigenvalue weighted by molar-refractivity contribution is 5.77. The molecule has 2 unspecified atom stereocenters. The lowest BCUT2D eigenvalue weighted by Gasteiger charge is -2.14. The zero-order valence-electron chi connectivity index (χ0n) is 10.1. The molecule has 1 heterocycles. The minimum atomic E-state index is 0.0372. The molecule has 0 bridgehead atoms. The van der Waals surface area contributed by atoms with E-state index in [-0.39, 0.29) is 12.0 Å². The maximum absolute atomic E-state index is 11.4. The summed E-state index contributed by atoms with van der Waals surface area (Å²) in [5.74, 6) is 0.498. The zero-order valence-corrected chi connectivity index (χ0v) is 10.1. The standard InChI is InChI=1S/C11H22N2O3/c1-9-10(3-5-16-9)7-13-11(14)8-12-4-6-15-2/h9-10,12H,3-8H2,1-2H3,(H,13,14). The molecular weight excluding hydrogens is 208 g/mol. The van der Waals surface area contributed by atoms with E-state index in [9.17, 15) is 4.79 Å². The second kappa shape index (κ2) is 7.60. The van der Waals surface area contributed by atoms with Gasteiger partial charge in [0.1, 0.15) is 0 Å². The van der Waals surface area contributed by atoms with Gasteiger partial charge in [0.25, 0.3) is 0 Å². The lowest BCUT2D eigenvalue weighted by atomic mass is 10.0. The molecule has 0 aromatic carbocycles. The van der Waals surface area contributed by atoms with Crippen LogP contribution in [-0.4, -0.2) is 52.0 Å². The Hall–Kier alpha value is -0.650. The molecule has 1 fully saturated rings. The Morgan fingerprint density at radius 3 is 3.00 bits per heavy atom. The van der Waals surface area contributed by atoms with Crippen molar-refractivity contribution in [3.05, 3.63) is 0 Å². The van der Waals surface area contributed by atoms with E-state index >= 15 is 0 Å². The Bertz CT molecular complexity index is 211. The van der Waals surface area contributed by atoms with Crippen LogP contribution in [0, 0.1) is 5.92 Å². The zero-order chi connectivity index (χ0) is 11.8. The van der Waals surface area contributed by atoms with Crippen molar-refractivity contribution < 1.29 is 14.3 Å². The summed E-state index contributed by atoms with van der Waals surface area (Å²) in [6.07, 6.45) is 1.31. The average molecular weight is 230 g/mol. The van der Waals surface area contributed by atoms with Crippen LogP contribution in [0.1, 0.15) is 13.3 Å². The summed E-state index contributed by atoms with van der Waals surface area (Å²) in [6, 6.07) is 0. The summed E-state index contributed by atoms with van der Waals surface area (Å²) in [7, 11) is 1.64. The SMILES string of the molecule is COCCNCC(=O)NCC1CCOC1C. The maximum Gasteiger partial charge on any atom is 0.233 e. The van der Waals surface area contributed by atoms with Crippen molar-refractivity contribution in [2.45, 2.75) is 19.4 Å². The third-order valence-corrected chi connectivity index (χ3v) is 2.86. The van der Waals surface area contributed by atoms with E-state index in [1.165, 1.54) is 0 Å². The van der Waals surface area contributed by atoms with E-state index in [2.05, 4.69) is 17.6 Å². The number of carbonyl (C=O) groups excluding carboxylic acids is 1. The molecule has 0 aliphatic carbocycles. The van der Waals surface area contributed by atoms with E-state index in [1.54, 1.807) is 7.11 Å². The van der Waals surface area contributed by atoms with Gasteiger partial charge < -0.3 is 20.1 Å². The van der Waals surface area contributed by atoms with Gasteiger partial charge in [0, 0.05) is 32.7 Å². The first-order valence-electron chi connectivity index (χ1n) is 5.82. The molecule has 1 aliphatic rings. The Morgan fingerprint density at radius 2 is 2.38 bits per heavy atom. The van der Waals surface area contributed by atoms with Gasteiger partial charge in [0.05, 0.1) is 19.3 Å². The van der Waals surface area contributed by atoms with Gasteiger partial charge in [-0.05, 0) is 13.3 Å². The summed E-state index contributed by atoms with van der Waals surface area (Å²) >= 11 is 0. The molecule has 0 aromatic heterocycles. The van der Waals surface area contributed by atoms with E-state index in [1.807, 2.05) is 0 Å². The van der Waals surface area contributed by atoms with E-state index in [0.29, 0.717) is 32.2 Å². The smallest absolute Gasteiger partial charge is 0.233 e. The molecule has 0 aromatic rings. The molecule has 1 aliphatic heterocycles. The Kier molecular flexibility index (Phi) is 6.37. The highest BCUT2D eigenvalue weighted by atomic mass is 16.5. The fourth-order valence-corrected chi connectivity index (χ4v) is 1.73. The summed E-state index contributed by atoms with van der Waals surface area (Å²) in [6.45, 7) is 5.26. The van der Waals surface area contributed by atoms with Crippen LogP contribution in [0.3, 0.4) is 0 Å². The fraction of sp³-hybridized carbons (Fsp3) is 0.909. The van der Waals surface area contributed by atoms with Gasteiger partial charge in [0.15, 0.2) is 0 Å². The lowest BCUT2D eigenvalue weighted by Crippen LogP contribution is -2.38. The van der Waals surface area contributed by atoms with Crippen molar-refractivity contribution in [2.24, 2.45) is 5.92 Å². The maximum atomic E-state index is 11.4. The van der Waals surface area contributed by atoms with Crippen molar-refractivity contribution in [2.75, 3.05) is 40.0 Å². The molecule has 1 amide bonds. The molecule has 1 rings (SSSR count). The molecule has 2 N–H and O–H groups in total. The number of rotatable bonds is 7. The molecule has 94 valence electrons. The van der Waals surface area contributed by atoms with Gasteiger partial charge in [-0.25, -0.2) is 0 Å². The Labute approximate surface area is 96.9 Å². The molecule has 1 saturated heterocycles. The van der Waals surface area contributed by atoms with Gasteiger partial charge in [0.2, 0.25) is 5.91 Å². The van der Waals surface area contributed by atoms with Crippen LogP contribution in [0.4, 0.5) is 0 Å². The molecule has 0 radical (unpaired) electrons. The second-order valence-corrected chi connectivity index (χ2v) is 4.10. The van der Waals surface area contributed by atoms with E-state index < -0.39 is 0 Å². The first-order chi connectivity index (χ1) is 7.74. The molecule has 5 nitrogen and oxygen atoms in total. The number of amides is 1. The molecule has 2 atom stereocenters. The number of methoxy groups -OCH3 is 1. The second-order valence-electron chi connectivity index (χ2n) is 4.10. The van der Waals surface area contributed by atoms with Crippen molar-refractivity contribution in [1.82, 2.24) is 10.6 Å². The lowest BCUT2D eigenvalue weighted by molar-refractivity contribution is -0.120. The van der Waals surface area contributed by atoms with Crippen LogP contribution in [0.5, 0.6) is 0 Å². The first-order valence-corrected chi connectivity index (χ1v) is 5.82. The quantitative estimate of drug-likeness (QED) is 0.593. The van der Waals surface area contributed by atoms with Gasteiger partial charge in [-0.2, -0.15) is 0 Å². The minimum absolute atomic E-state index is 0.0372. The van der Waals surface area contributed by atoms with Gasteiger partial charge >= 0.3 is 0 Å². The van der Waals surface area contributed by atoms with Crippen molar-refractivity contribution in [3.8, 4) is 0 Å². The van der Waals surface area contributed by atoms with E-state index in [4.69, 9.17) is 9.47 Å². The van der Waals surface area contributed by atoms with Gasteiger partial charge in [-0.1, -0.05) is 0 Å². The van der Waals surface area contributed by atoms with Crippen molar-refractivity contribution >= 4 is 5.91 Å². The number of nitrogens with one attached hydrogen (secondary N) is 2. The topological polar surface area (TPSA) is 59.6 Å². The summed E-state index contributed by atoms with van der Waals surface area (Å²) in [4.78, 5) is 11.4. The highest BCUT2D eigenvalue weighted by Gasteiger charge is 2.24. The normalized spacial score (nSPS) is 24.6. The molecule has 0 saturated carbocycles. The summed E-state index contributed by atoms with van der Waals surface area (Å²) in [5, 5.41) is 5.91. The number of hydrogen-bond donors (Lipinski definition) is 2. The predicted octanol–water partition coefficient (Wildman–Crippen LogP) is -0.236. The Morgan fingerprint density at radius 1 is 1.56 bits per heavy atom. The summed E-state index contributed by atoms with van der Waals surface area (Å²) in [5.41, 5.74) is 0. The van der Waals surface area contributed by atoms with Gasteiger partial charge in [-0.15, -0.1) is 0 Å². The third-order valence-electron chi connectivity index (χ3n) is 2.86. The summed E-state index contributed by atoms with van der Waals surface area (Å²) < 4.78 is 10.3. The number of carbonyl (C=O) groups is 1. The number of ether oxygens (including phenoxy) is 2. The van der Waals surface area contributed by atoms with Crippen LogP contribution in [0.15, 0.2) is 0 Å². The Balaban J connectivity index is 2.01. The fourth-order valence-electron chi connectivity index (χ4n) is 1.73. The van der Waals surface area contributed by atoms with Crippen LogP contribution < -0.4 is 10.6 Å². The van der Waals surface area contributed by atoms with Gasteiger partial charge in [-0.3, -0.25) is 4.79 Å². The molecular formula is C11H22N2O3. The van der Waals surface area contributed by atoms with Crippen molar-refractivity contribution in [3.63, 3.8) is 0 Å². The first kappa shape index (κ1) is 13.4. The predicted molar refractivity (Wildman–Crippen MR) is 61.3 cm³/mol. The molecule has 0 spiro atoms. The molecule has 5 heteroatoms. The van der Waals surface area contributed by atoms with Crippen LogP contribution in [0.2, 0.25) is 0 Å². The molecule has 16 heavy (non-hydrogen) atoms. The number of hydrogen-bond acceptors (Lipinski definition) is 4. The van der Waals surface area contributed by atoms with Crippen molar-refractivity contribution in [1.29, 1.82) is 0 Å². The third kappa shape index (κ3) is 4.92. The largest absolute Gasteiger partial charge is 0.383 e. The van der Waals surface area contributed by atoms with Crippen LogP contribution in [0.25, 0.3) is 0 Å². The van der Waals surface area contributed by atoms with Crippen LogP contribution >= 0.6 is 0 Å². The van der Waals surface area contributed by atoms with E-state index in [0.717, 1.165) is 13.0 Å². The monoisotopic (exact) mass is 230 g/mol. The average Bonchev–Trinajstić information content (AvgIpc) is 2.67.